The lowest BCUT2D eigenvalue weighted by Crippen LogP contribution is -2.08. The summed E-state index contributed by atoms with van der Waals surface area (Å²) in [5.41, 5.74) is -0.543. The fourth-order valence-corrected chi connectivity index (χ4v) is 3.40. The van der Waals surface area contributed by atoms with E-state index in [9.17, 15) is 22.0 Å². The monoisotopic (exact) mass is 392 g/mol. The average molecular weight is 392 g/mol. The van der Waals surface area contributed by atoms with E-state index in [-0.39, 0.29) is 22.0 Å². The van der Waals surface area contributed by atoms with E-state index >= 15 is 0 Å². The highest BCUT2D eigenvalue weighted by atomic mass is 32.2. The van der Waals surface area contributed by atoms with E-state index in [2.05, 4.69) is 0 Å². The average Bonchev–Trinajstić information content (AvgIpc) is 2.58. The summed E-state index contributed by atoms with van der Waals surface area (Å²) in [6.45, 7) is 1.51. The summed E-state index contributed by atoms with van der Waals surface area (Å²) in [6, 6.07) is 9.62. The molecule has 0 aliphatic rings. The molecular formula is C19H14F2O5S. The highest BCUT2D eigenvalue weighted by Gasteiger charge is 2.23. The van der Waals surface area contributed by atoms with Gasteiger partial charge in [-0.15, -0.1) is 0 Å². The van der Waals surface area contributed by atoms with E-state index in [1.54, 1.807) is 6.07 Å². The van der Waals surface area contributed by atoms with Crippen molar-refractivity contribution >= 4 is 9.84 Å². The molecule has 27 heavy (non-hydrogen) atoms. The van der Waals surface area contributed by atoms with Crippen molar-refractivity contribution < 1.29 is 26.4 Å². The number of sulfone groups is 1. The molecule has 0 unspecified atom stereocenters. The predicted octanol–water partition coefficient (Wildman–Crippen LogP) is 4.09. The topological polar surface area (TPSA) is 73.6 Å². The summed E-state index contributed by atoms with van der Waals surface area (Å²) in [5, 5.41) is 0. The Labute approximate surface area is 153 Å². The lowest BCUT2D eigenvalue weighted by molar-refractivity contribution is 0.411. The van der Waals surface area contributed by atoms with Crippen molar-refractivity contribution in [1.82, 2.24) is 0 Å². The van der Waals surface area contributed by atoms with Crippen LogP contribution in [0.5, 0.6) is 11.5 Å². The first kappa shape index (κ1) is 18.8. The molecule has 0 aliphatic carbocycles. The molecule has 5 nitrogen and oxygen atoms in total. The number of hydrogen-bond donors (Lipinski definition) is 0. The third-order valence-corrected chi connectivity index (χ3v) is 4.82. The van der Waals surface area contributed by atoms with Crippen molar-refractivity contribution in [3.8, 4) is 22.8 Å². The molecule has 0 fully saturated rings. The van der Waals surface area contributed by atoms with Crippen LogP contribution in [0.25, 0.3) is 11.3 Å². The zero-order valence-electron chi connectivity index (χ0n) is 14.3. The van der Waals surface area contributed by atoms with E-state index in [4.69, 9.17) is 9.15 Å². The summed E-state index contributed by atoms with van der Waals surface area (Å²) in [6.07, 6.45) is 1.01. The first-order valence-electron chi connectivity index (χ1n) is 7.74. The van der Waals surface area contributed by atoms with Crippen LogP contribution >= 0.6 is 0 Å². The van der Waals surface area contributed by atoms with Gasteiger partial charge >= 0.3 is 0 Å². The second kappa shape index (κ2) is 6.96. The number of hydrogen-bond acceptors (Lipinski definition) is 5. The van der Waals surface area contributed by atoms with Gasteiger partial charge in [0.2, 0.25) is 11.2 Å². The molecular weight excluding hydrogens is 378 g/mol. The van der Waals surface area contributed by atoms with E-state index in [1.807, 2.05) is 0 Å². The van der Waals surface area contributed by atoms with Crippen LogP contribution in [0.15, 0.2) is 62.6 Å². The molecule has 0 saturated heterocycles. The van der Waals surface area contributed by atoms with Gasteiger partial charge in [-0.2, -0.15) is 0 Å². The third-order valence-electron chi connectivity index (χ3n) is 3.66. The normalized spacial score (nSPS) is 11.4. The van der Waals surface area contributed by atoms with Crippen molar-refractivity contribution in [2.45, 2.75) is 11.8 Å². The molecule has 1 heterocycles. The van der Waals surface area contributed by atoms with Crippen molar-refractivity contribution in [3.05, 3.63) is 76.1 Å². The Kier molecular flexibility index (Phi) is 4.84. The Bertz CT molecular complexity index is 1180. The highest BCUT2D eigenvalue weighted by Crippen LogP contribution is 2.36. The second-order valence-corrected chi connectivity index (χ2v) is 7.81. The standard InChI is InChI=1S/C19H14F2O5S/c1-11-9-15(22)19(26-16-8-7-12(20)10-14(16)21)18(25-11)13-5-3-4-6-17(13)27(2,23)24/h3-10H,1-2H3. The fraction of sp³-hybridized carbons (Fsp3) is 0.105. The van der Waals surface area contributed by atoms with Gasteiger partial charge in [0.05, 0.1) is 4.90 Å². The Morgan fingerprint density at radius 3 is 2.41 bits per heavy atom. The van der Waals surface area contributed by atoms with Gasteiger partial charge < -0.3 is 9.15 Å². The van der Waals surface area contributed by atoms with Crippen molar-refractivity contribution in [1.29, 1.82) is 0 Å². The van der Waals surface area contributed by atoms with E-state index < -0.39 is 38.4 Å². The maximum absolute atomic E-state index is 14.0. The van der Waals surface area contributed by atoms with Gasteiger partial charge in [-0.25, -0.2) is 17.2 Å². The Morgan fingerprint density at radius 1 is 1.04 bits per heavy atom. The Morgan fingerprint density at radius 2 is 1.74 bits per heavy atom. The van der Waals surface area contributed by atoms with Crippen LogP contribution in [0.2, 0.25) is 0 Å². The molecule has 3 aromatic rings. The molecule has 1 aromatic heterocycles. The minimum atomic E-state index is -3.65. The largest absolute Gasteiger partial charge is 0.457 e. The molecule has 0 atom stereocenters. The van der Waals surface area contributed by atoms with Crippen LogP contribution < -0.4 is 10.2 Å². The van der Waals surface area contributed by atoms with Gasteiger partial charge in [-0.05, 0) is 31.2 Å². The predicted molar refractivity (Wildman–Crippen MR) is 94.7 cm³/mol. The van der Waals surface area contributed by atoms with Crippen molar-refractivity contribution in [2.24, 2.45) is 0 Å². The van der Waals surface area contributed by atoms with Crippen LogP contribution in [0.4, 0.5) is 8.78 Å². The maximum Gasteiger partial charge on any atom is 0.228 e. The minimum absolute atomic E-state index is 0.0804. The zero-order valence-corrected chi connectivity index (χ0v) is 15.1. The molecule has 0 aliphatic heterocycles. The molecule has 0 spiro atoms. The lowest BCUT2D eigenvalue weighted by atomic mass is 10.1. The molecule has 3 rings (SSSR count). The van der Waals surface area contributed by atoms with Crippen LogP contribution in [0, 0.1) is 18.6 Å². The molecule has 2 aromatic carbocycles. The van der Waals surface area contributed by atoms with Gasteiger partial charge in [0.25, 0.3) is 0 Å². The minimum Gasteiger partial charge on any atom is -0.457 e. The summed E-state index contributed by atoms with van der Waals surface area (Å²) in [4.78, 5) is 12.4. The summed E-state index contributed by atoms with van der Waals surface area (Å²) in [7, 11) is -3.65. The van der Waals surface area contributed by atoms with Gasteiger partial charge in [-0.3, -0.25) is 4.79 Å². The molecule has 0 radical (unpaired) electrons. The fourth-order valence-electron chi connectivity index (χ4n) is 2.52. The molecule has 0 N–H and O–H groups in total. The lowest BCUT2D eigenvalue weighted by Gasteiger charge is -2.13. The van der Waals surface area contributed by atoms with Gasteiger partial charge in [0, 0.05) is 24.0 Å². The molecule has 0 bridgehead atoms. The summed E-state index contributed by atoms with van der Waals surface area (Å²) < 4.78 is 62.2. The van der Waals surface area contributed by atoms with Crippen LogP contribution in [-0.2, 0) is 9.84 Å². The number of ether oxygens (including phenoxy) is 1. The van der Waals surface area contributed by atoms with E-state index in [0.717, 1.165) is 24.5 Å². The summed E-state index contributed by atoms with van der Waals surface area (Å²) >= 11 is 0. The molecule has 8 heteroatoms. The molecule has 0 amide bonds. The number of aryl methyl sites for hydroxylation is 1. The number of benzene rings is 2. The quantitative estimate of drug-likeness (QED) is 0.669. The smallest absolute Gasteiger partial charge is 0.228 e. The first-order chi connectivity index (χ1) is 12.7. The maximum atomic E-state index is 14.0. The third kappa shape index (κ3) is 3.90. The SMILES string of the molecule is Cc1cc(=O)c(Oc2ccc(F)cc2F)c(-c2ccccc2S(C)(=O)=O)o1. The number of rotatable bonds is 4. The van der Waals surface area contributed by atoms with Gasteiger partial charge in [-0.1, -0.05) is 12.1 Å². The second-order valence-electron chi connectivity index (χ2n) is 5.82. The van der Waals surface area contributed by atoms with Crippen molar-refractivity contribution in [2.75, 3.05) is 6.26 Å². The van der Waals surface area contributed by atoms with Gasteiger partial charge in [0.1, 0.15) is 11.6 Å². The zero-order chi connectivity index (χ0) is 19.8. The Hall–Kier alpha value is -3.00. The van der Waals surface area contributed by atoms with Crippen LogP contribution in [0.3, 0.4) is 0 Å². The van der Waals surface area contributed by atoms with Crippen LogP contribution in [-0.4, -0.2) is 14.7 Å². The van der Waals surface area contributed by atoms with E-state index in [0.29, 0.717) is 6.07 Å². The van der Waals surface area contributed by atoms with Crippen LogP contribution in [0.1, 0.15) is 5.76 Å². The van der Waals surface area contributed by atoms with Gasteiger partial charge in [0.15, 0.2) is 27.2 Å². The van der Waals surface area contributed by atoms with Crippen molar-refractivity contribution in [3.63, 3.8) is 0 Å². The first-order valence-corrected chi connectivity index (χ1v) is 9.63. The highest BCUT2D eigenvalue weighted by molar-refractivity contribution is 7.90. The Balaban J connectivity index is 2.26. The number of halogens is 2. The summed E-state index contributed by atoms with van der Waals surface area (Å²) in [5.74, 6) is -2.57. The molecule has 140 valence electrons. The van der Waals surface area contributed by atoms with E-state index in [1.165, 1.54) is 25.1 Å². The molecule has 0 saturated carbocycles.